The van der Waals surface area contributed by atoms with Gasteiger partial charge < -0.3 is 10.2 Å². The standard InChI is InChI=1S/C15H18N2O3S2/c1-11-10-22(19,20)7-5-17(11)15(18)16-9-12-2-3-14-13(8-12)4-6-21-14/h2-4,6,8,11H,5,7,9-10H2,1H3,(H,16,18). The molecule has 118 valence electrons. The fraction of sp³-hybridized carbons (Fsp3) is 0.400. The normalized spacial score (nSPS) is 21.0. The molecule has 7 heteroatoms. The van der Waals surface area contributed by atoms with Gasteiger partial charge in [0.1, 0.15) is 0 Å². The van der Waals surface area contributed by atoms with Crippen molar-refractivity contribution in [3.05, 3.63) is 35.2 Å². The highest BCUT2D eigenvalue weighted by molar-refractivity contribution is 7.91. The number of hydrogen-bond acceptors (Lipinski definition) is 4. The second kappa shape index (κ2) is 5.89. The molecule has 1 unspecified atom stereocenters. The van der Waals surface area contributed by atoms with Gasteiger partial charge in [-0.3, -0.25) is 0 Å². The Labute approximate surface area is 133 Å². The molecule has 5 nitrogen and oxygen atoms in total. The molecular weight excluding hydrogens is 320 g/mol. The van der Waals surface area contributed by atoms with E-state index in [-0.39, 0.29) is 30.1 Å². The third-order valence-electron chi connectivity index (χ3n) is 3.89. The van der Waals surface area contributed by atoms with E-state index in [1.807, 2.05) is 11.4 Å². The lowest BCUT2D eigenvalue weighted by atomic mass is 10.2. The monoisotopic (exact) mass is 338 g/mol. The highest BCUT2D eigenvalue weighted by Crippen LogP contribution is 2.21. The molecule has 2 aromatic rings. The van der Waals surface area contributed by atoms with Gasteiger partial charge in [-0.25, -0.2) is 13.2 Å². The van der Waals surface area contributed by atoms with Crippen LogP contribution in [0.2, 0.25) is 0 Å². The molecule has 1 aliphatic rings. The third kappa shape index (κ3) is 3.25. The molecule has 22 heavy (non-hydrogen) atoms. The van der Waals surface area contributed by atoms with E-state index < -0.39 is 9.84 Å². The van der Waals surface area contributed by atoms with Crippen molar-refractivity contribution < 1.29 is 13.2 Å². The fourth-order valence-electron chi connectivity index (χ4n) is 2.71. The second-order valence-corrected chi connectivity index (χ2v) is 8.78. The Morgan fingerprint density at radius 1 is 1.41 bits per heavy atom. The summed E-state index contributed by atoms with van der Waals surface area (Å²) < 4.78 is 24.3. The summed E-state index contributed by atoms with van der Waals surface area (Å²) >= 11 is 1.69. The molecule has 0 saturated carbocycles. The topological polar surface area (TPSA) is 66.5 Å². The van der Waals surface area contributed by atoms with Crippen LogP contribution in [0.4, 0.5) is 4.79 Å². The number of thiophene rings is 1. The molecule has 2 heterocycles. The molecule has 0 radical (unpaired) electrons. The first-order chi connectivity index (χ1) is 10.4. The SMILES string of the molecule is CC1CS(=O)(=O)CCN1C(=O)NCc1ccc2sccc2c1. The van der Waals surface area contributed by atoms with Gasteiger partial charge in [-0.1, -0.05) is 6.07 Å². The van der Waals surface area contributed by atoms with Gasteiger partial charge in [0.05, 0.1) is 11.5 Å². The van der Waals surface area contributed by atoms with E-state index >= 15 is 0 Å². The van der Waals surface area contributed by atoms with Crippen molar-refractivity contribution in [1.82, 2.24) is 10.2 Å². The van der Waals surface area contributed by atoms with E-state index in [1.165, 1.54) is 10.1 Å². The summed E-state index contributed by atoms with van der Waals surface area (Å²) in [5.74, 6) is 0.0902. The Morgan fingerprint density at radius 3 is 3.00 bits per heavy atom. The number of amides is 2. The Morgan fingerprint density at radius 2 is 2.23 bits per heavy atom. The molecule has 0 bridgehead atoms. The van der Waals surface area contributed by atoms with Crippen molar-refractivity contribution in [2.75, 3.05) is 18.1 Å². The number of rotatable bonds is 2. The number of benzene rings is 1. The van der Waals surface area contributed by atoms with Crippen LogP contribution in [0.25, 0.3) is 10.1 Å². The van der Waals surface area contributed by atoms with Crippen molar-refractivity contribution in [2.45, 2.75) is 19.5 Å². The lowest BCUT2D eigenvalue weighted by Gasteiger charge is -2.33. The van der Waals surface area contributed by atoms with E-state index in [1.54, 1.807) is 23.2 Å². The van der Waals surface area contributed by atoms with E-state index in [9.17, 15) is 13.2 Å². The summed E-state index contributed by atoms with van der Waals surface area (Å²) in [4.78, 5) is 13.8. The maximum absolute atomic E-state index is 12.2. The second-order valence-electron chi connectivity index (χ2n) is 5.61. The maximum Gasteiger partial charge on any atom is 0.317 e. The Kier molecular flexibility index (Phi) is 4.10. The zero-order valence-corrected chi connectivity index (χ0v) is 13.9. The summed E-state index contributed by atoms with van der Waals surface area (Å²) in [7, 11) is -3.00. The lowest BCUT2D eigenvalue weighted by Crippen LogP contribution is -2.53. The number of carbonyl (C=O) groups excluding carboxylic acids is 1. The summed E-state index contributed by atoms with van der Waals surface area (Å²) in [6, 6.07) is 7.70. The van der Waals surface area contributed by atoms with Gasteiger partial charge in [-0.2, -0.15) is 0 Å². The molecule has 0 spiro atoms. The van der Waals surface area contributed by atoms with Crippen LogP contribution in [-0.2, 0) is 16.4 Å². The van der Waals surface area contributed by atoms with E-state index in [2.05, 4.69) is 23.5 Å². The van der Waals surface area contributed by atoms with Crippen LogP contribution in [0.5, 0.6) is 0 Å². The van der Waals surface area contributed by atoms with Crippen LogP contribution in [-0.4, -0.2) is 43.4 Å². The van der Waals surface area contributed by atoms with Gasteiger partial charge >= 0.3 is 6.03 Å². The van der Waals surface area contributed by atoms with E-state index in [4.69, 9.17) is 0 Å². The summed E-state index contributed by atoms with van der Waals surface area (Å²) in [5.41, 5.74) is 1.04. The summed E-state index contributed by atoms with van der Waals surface area (Å²) in [6.07, 6.45) is 0. The van der Waals surface area contributed by atoms with Gasteiger partial charge in [0.15, 0.2) is 9.84 Å². The summed E-state index contributed by atoms with van der Waals surface area (Å²) in [6.45, 7) is 2.48. The molecule has 1 saturated heterocycles. The first-order valence-electron chi connectivity index (χ1n) is 7.16. The molecular formula is C15H18N2O3S2. The number of sulfone groups is 1. The van der Waals surface area contributed by atoms with Crippen molar-refractivity contribution in [3.8, 4) is 0 Å². The van der Waals surface area contributed by atoms with Crippen molar-refractivity contribution in [2.24, 2.45) is 0 Å². The van der Waals surface area contributed by atoms with Crippen LogP contribution >= 0.6 is 11.3 Å². The fourth-order valence-corrected chi connectivity index (χ4v) is 5.03. The predicted molar refractivity (Wildman–Crippen MR) is 88.9 cm³/mol. The molecule has 1 aromatic carbocycles. The summed E-state index contributed by atoms with van der Waals surface area (Å²) in [5, 5.41) is 6.10. The number of hydrogen-bond donors (Lipinski definition) is 1. The lowest BCUT2D eigenvalue weighted by molar-refractivity contribution is 0.184. The third-order valence-corrected chi connectivity index (χ3v) is 6.58. The zero-order valence-electron chi connectivity index (χ0n) is 12.3. The van der Waals surface area contributed by atoms with Crippen LogP contribution in [0, 0.1) is 0 Å². The van der Waals surface area contributed by atoms with Gasteiger partial charge in [-0.05, 0) is 41.5 Å². The molecule has 3 rings (SSSR count). The molecule has 2 amide bonds. The largest absolute Gasteiger partial charge is 0.334 e. The number of fused-ring (bicyclic) bond motifs is 1. The van der Waals surface area contributed by atoms with E-state index in [0.29, 0.717) is 6.54 Å². The van der Waals surface area contributed by atoms with Crippen LogP contribution in [0.15, 0.2) is 29.6 Å². The smallest absolute Gasteiger partial charge is 0.317 e. The van der Waals surface area contributed by atoms with E-state index in [0.717, 1.165) is 5.56 Å². The first-order valence-corrected chi connectivity index (χ1v) is 9.86. The Balaban J connectivity index is 1.62. The minimum absolute atomic E-state index is 0.0429. The minimum atomic E-state index is -3.00. The van der Waals surface area contributed by atoms with Crippen molar-refractivity contribution >= 4 is 37.3 Å². The van der Waals surface area contributed by atoms with Crippen molar-refractivity contribution in [3.63, 3.8) is 0 Å². The Bertz CT molecular complexity index is 798. The number of nitrogens with one attached hydrogen (secondary N) is 1. The highest BCUT2D eigenvalue weighted by Gasteiger charge is 2.30. The molecule has 0 aliphatic carbocycles. The van der Waals surface area contributed by atoms with Crippen LogP contribution in [0.1, 0.15) is 12.5 Å². The molecule has 1 fully saturated rings. The molecule has 1 N–H and O–H groups in total. The van der Waals surface area contributed by atoms with Crippen LogP contribution in [0.3, 0.4) is 0 Å². The van der Waals surface area contributed by atoms with Gasteiger partial charge in [0.2, 0.25) is 0 Å². The number of nitrogens with zero attached hydrogens (tertiary/aromatic N) is 1. The quantitative estimate of drug-likeness (QED) is 0.913. The number of urea groups is 1. The van der Waals surface area contributed by atoms with Gasteiger partial charge in [0, 0.05) is 23.8 Å². The van der Waals surface area contributed by atoms with Gasteiger partial charge in [0.25, 0.3) is 0 Å². The first kappa shape index (κ1) is 15.3. The molecule has 1 aliphatic heterocycles. The number of carbonyl (C=O) groups is 1. The molecule has 1 atom stereocenters. The average molecular weight is 338 g/mol. The van der Waals surface area contributed by atoms with Crippen LogP contribution < -0.4 is 5.32 Å². The zero-order chi connectivity index (χ0) is 15.7. The highest BCUT2D eigenvalue weighted by atomic mass is 32.2. The minimum Gasteiger partial charge on any atom is -0.334 e. The average Bonchev–Trinajstić information content (AvgIpc) is 2.91. The predicted octanol–water partition coefficient (Wildman–Crippen LogP) is 2.23. The van der Waals surface area contributed by atoms with Crippen molar-refractivity contribution in [1.29, 1.82) is 0 Å². The molecule has 1 aromatic heterocycles. The Hall–Kier alpha value is -1.60. The van der Waals surface area contributed by atoms with Gasteiger partial charge in [-0.15, -0.1) is 11.3 Å². The maximum atomic E-state index is 12.2.